The summed E-state index contributed by atoms with van der Waals surface area (Å²) in [6, 6.07) is 4.29. The first kappa shape index (κ1) is 14.3. The molecule has 0 saturated carbocycles. The maximum absolute atomic E-state index is 12.8. The van der Waals surface area contributed by atoms with Gasteiger partial charge in [-0.25, -0.2) is 4.98 Å². The number of piperazine rings is 1. The van der Waals surface area contributed by atoms with Gasteiger partial charge in [-0.1, -0.05) is 6.92 Å². The highest BCUT2D eigenvalue weighted by molar-refractivity contribution is 5.98. The molecule has 0 spiro atoms. The highest BCUT2D eigenvalue weighted by atomic mass is 16.2. The normalized spacial score (nSPS) is 22.1. The fraction of sp³-hybridized carbons (Fsp3) is 0.625. The molecule has 1 N–H and O–H groups in total. The Kier molecular flexibility index (Phi) is 4.39. The minimum atomic E-state index is 0.119. The molecule has 0 aromatic carbocycles. The zero-order chi connectivity index (χ0) is 14.7. The van der Waals surface area contributed by atoms with Crippen molar-refractivity contribution < 1.29 is 4.79 Å². The maximum atomic E-state index is 12.8. The fourth-order valence-electron chi connectivity index (χ4n) is 3.31. The molecule has 5 heteroatoms. The minimum Gasteiger partial charge on any atom is -0.369 e. The zero-order valence-corrected chi connectivity index (χ0v) is 12.7. The molecule has 1 atom stereocenters. The van der Waals surface area contributed by atoms with Crippen LogP contribution in [0.15, 0.2) is 18.3 Å². The van der Waals surface area contributed by atoms with Crippen molar-refractivity contribution in [2.75, 3.05) is 38.0 Å². The Hall–Kier alpha value is -1.62. The summed E-state index contributed by atoms with van der Waals surface area (Å²) in [5.41, 5.74) is 0.706. The standard InChI is InChI=1S/C16H24N4O/c1-2-7-17-15-14(6-3-8-18-15)16(21)20-11-10-19-9-4-5-13(19)12-20/h3,6,8,13H,2,4-5,7,9-12H2,1H3,(H,17,18). The quantitative estimate of drug-likeness (QED) is 0.918. The van der Waals surface area contributed by atoms with Gasteiger partial charge in [0.1, 0.15) is 5.82 Å². The number of nitrogens with zero attached hydrogens (tertiary/aromatic N) is 3. The Morgan fingerprint density at radius 2 is 2.33 bits per heavy atom. The van der Waals surface area contributed by atoms with Crippen LogP contribution in [0.4, 0.5) is 5.82 Å². The molecule has 3 rings (SSSR count). The van der Waals surface area contributed by atoms with Gasteiger partial charge in [-0.15, -0.1) is 0 Å². The molecule has 1 unspecified atom stereocenters. The lowest BCUT2D eigenvalue weighted by Gasteiger charge is -2.37. The Balaban J connectivity index is 1.72. The lowest BCUT2D eigenvalue weighted by atomic mass is 10.1. The summed E-state index contributed by atoms with van der Waals surface area (Å²) in [7, 11) is 0. The topological polar surface area (TPSA) is 48.5 Å². The average molecular weight is 288 g/mol. The molecule has 1 aromatic heterocycles. The van der Waals surface area contributed by atoms with E-state index in [4.69, 9.17) is 0 Å². The van der Waals surface area contributed by atoms with E-state index >= 15 is 0 Å². The number of amides is 1. The molecule has 3 heterocycles. The van der Waals surface area contributed by atoms with Gasteiger partial charge >= 0.3 is 0 Å². The Morgan fingerprint density at radius 1 is 1.43 bits per heavy atom. The molecule has 21 heavy (non-hydrogen) atoms. The number of hydrogen-bond donors (Lipinski definition) is 1. The second-order valence-electron chi connectivity index (χ2n) is 5.91. The Bertz CT molecular complexity index is 505. The van der Waals surface area contributed by atoms with Crippen LogP contribution in [-0.4, -0.2) is 59.5 Å². The SMILES string of the molecule is CCCNc1ncccc1C(=O)N1CCN2CCCC2C1. The monoisotopic (exact) mass is 288 g/mol. The second kappa shape index (κ2) is 6.43. The van der Waals surface area contributed by atoms with Gasteiger partial charge in [-0.3, -0.25) is 9.69 Å². The number of nitrogens with one attached hydrogen (secondary N) is 1. The molecule has 0 aliphatic carbocycles. The van der Waals surface area contributed by atoms with E-state index in [1.54, 1.807) is 6.20 Å². The molecule has 114 valence electrons. The Labute approximate surface area is 126 Å². The van der Waals surface area contributed by atoms with Crippen LogP contribution in [0.2, 0.25) is 0 Å². The molecular weight excluding hydrogens is 264 g/mol. The summed E-state index contributed by atoms with van der Waals surface area (Å²) in [5, 5.41) is 3.26. The molecule has 1 amide bonds. The lowest BCUT2D eigenvalue weighted by molar-refractivity contribution is 0.0572. The van der Waals surface area contributed by atoms with Crippen LogP contribution in [0.5, 0.6) is 0 Å². The van der Waals surface area contributed by atoms with Crippen LogP contribution in [0.1, 0.15) is 36.5 Å². The highest BCUT2D eigenvalue weighted by Crippen LogP contribution is 2.23. The van der Waals surface area contributed by atoms with Gasteiger partial charge in [0.05, 0.1) is 5.56 Å². The van der Waals surface area contributed by atoms with Gasteiger partial charge in [0.25, 0.3) is 5.91 Å². The minimum absolute atomic E-state index is 0.119. The largest absolute Gasteiger partial charge is 0.369 e. The number of pyridine rings is 1. The summed E-state index contributed by atoms with van der Waals surface area (Å²) >= 11 is 0. The van der Waals surface area contributed by atoms with E-state index in [9.17, 15) is 4.79 Å². The first-order chi connectivity index (χ1) is 10.3. The number of aromatic nitrogens is 1. The van der Waals surface area contributed by atoms with E-state index in [0.717, 1.165) is 38.4 Å². The third kappa shape index (κ3) is 3.02. The van der Waals surface area contributed by atoms with Crippen LogP contribution in [-0.2, 0) is 0 Å². The van der Waals surface area contributed by atoms with Crippen molar-refractivity contribution in [3.05, 3.63) is 23.9 Å². The fourth-order valence-corrected chi connectivity index (χ4v) is 3.31. The van der Waals surface area contributed by atoms with Gasteiger partial charge in [-0.05, 0) is 37.9 Å². The summed E-state index contributed by atoms with van der Waals surface area (Å²) in [6.45, 7) is 6.85. The van der Waals surface area contributed by atoms with Gasteiger partial charge in [0, 0.05) is 38.4 Å². The van der Waals surface area contributed by atoms with E-state index in [1.165, 1.54) is 19.4 Å². The molecule has 2 aliphatic heterocycles. The zero-order valence-electron chi connectivity index (χ0n) is 12.7. The predicted octanol–water partition coefficient (Wildman–Crippen LogP) is 1.82. The Morgan fingerprint density at radius 3 is 3.19 bits per heavy atom. The van der Waals surface area contributed by atoms with Crippen LogP contribution in [0, 0.1) is 0 Å². The van der Waals surface area contributed by atoms with Crippen LogP contribution < -0.4 is 5.32 Å². The van der Waals surface area contributed by atoms with Crippen molar-refractivity contribution in [2.24, 2.45) is 0 Å². The van der Waals surface area contributed by atoms with Crippen molar-refractivity contribution >= 4 is 11.7 Å². The van der Waals surface area contributed by atoms with E-state index in [1.807, 2.05) is 17.0 Å². The third-order valence-electron chi connectivity index (χ3n) is 4.46. The van der Waals surface area contributed by atoms with Gasteiger partial charge < -0.3 is 10.2 Å². The van der Waals surface area contributed by atoms with E-state index in [0.29, 0.717) is 11.6 Å². The van der Waals surface area contributed by atoms with Gasteiger partial charge in [0.15, 0.2) is 0 Å². The molecular formula is C16H24N4O. The van der Waals surface area contributed by atoms with Crippen molar-refractivity contribution in [3.8, 4) is 0 Å². The van der Waals surface area contributed by atoms with Crippen molar-refractivity contribution in [3.63, 3.8) is 0 Å². The first-order valence-corrected chi connectivity index (χ1v) is 8.02. The number of anilines is 1. The number of fused-ring (bicyclic) bond motifs is 1. The van der Waals surface area contributed by atoms with Crippen LogP contribution in [0.25, 0.3) is 0 Å². The van der Waals surface area contributed by atoms with Crippen LogP contribution in [0.3, 0.4) is 0 Å². The van der Waals surface area contributed by atoms with Crippen LogP contribution >= 0.6 is 0 Å². The predicted molar refractivity (Wildman–Crippen MR) is 83.5 cm³/mol. The lowest BCUT2D eigenvalue weighted by Crippen LogP contribution is -2.52. The second-order valence-corrected chi connectivity index (χ2v) is 5.91. The van der Waals surface area contributed by atoms with E-state index < -0.39 is 0 Å². The first-order valence-electron chi connectivity index (χ1n) is 8.02. The van der Waals surface area contributed by atoms with Gasteiger partial charge in [0.2, 0.25) is 0 Å². The molecule has 2 fully saturated rings. The van der Waals surface area contributed by atoms with E-state index in [2.05, 4.69) is 22.1 Å². The number of carbonyl (C=O) groups is 1. The van der Waals surface area contributed by atoms with E-state index in [-0.39, 0.29) is 5.91 Å². The molecule has 0 radical (unpaired) electrons. The number of rotatable bonds is 4. The summed E-state index contributed by atoms with van der Waals surface area (Å²) in [4.78, 5) is 21.6. The van der Waals surface area contributed by atoms with Crippen molar-refractivity contribution in [1.82, 2.24) is 14.8 Å². The maximum Gasteiger partial charge on any atom is 0.257 e. The van der Waals surface area contributed by atoms with Crippen molar-refractivity contribution in [1.29, 1.82) is 0 Å². The van der Waals surface area contributed by atoms with Crippen molar-refractivity contribution in [2.45, 2.75) is 32.2 Å². The highest BCUT2D eigenvalue weighted by Gasteiger charge is 2.33. The smallest absolute Gasteiger partial charge is 0.257 e. The molecule has 5 nitrogen and oxygen atoms in total. The molecule has 2 aliphatic rings. The average Bonchev–Trinajstić information content (AvgIpc) is 3.00. The van der Waals surface area contributed by atoms with Gasteiger partial charge in [-0.2, -0.15) is 0 Å². The molecule has 0 bridgehead atoms. The summed E-state index contributed by atoms with van der Waals surface area (Å²) < 4.78 is 0. The summed E-state index contributed by atoms with van der Waals surface area (Å²) in [6.07, 6.45) is 5.25. The molecule has 1 aromatic rings. The summed E-state index contributed by atoms with van der Waals surface area (Å²) in [5.74, 6) is 0.839. The number of hydrogen-bond acceptors (Lipinski definition) is 4. The molecule has 2 saturated heterocycles. The third-order valence-corrected chi connectivity index (χ3v) is 4.46. The number of carbonyl (C=O) groups excluding carboxylic acids is 1.